The standard InChI is InChI=1S/C12H15N3O2/c1-8(13)10-5-3-4-6-11(10)16-7-12-14-9(2)15-17-12/h3-6,8H,7,13H2,1-2H3. The molecule has 0 saturated heterocycles. The van der Waals surface area contributed by atoms with E-state index in [4.69, 9.17) is 15.0 Å². The molecule has 0 spiro atoms. The van der Waals surface area contributed by atoms with Crippen molar-refractivity contribution in [2.45, 2.75) is 26.5 Å². The Morgan fingerprint density at radius 2 is 2.18 bits per heavy atom. The molecular weight excluding hydrogens is 218 g/mol. The molecule has 90 valence electrons. The first kappa shape index (κ1) is 11.6. The smallest absolute Gasteiger partial charge is 0.264 e. The van der Waals surface area contributed by atoms with Crippen molar-refractivity contribution in [1.82, 2.24) is 10.1 Å². The third-order valence-corrected chi connectivity index (χ3v) is 2.33. The van der Waals surface area contributed by atoms with Crippen LogP contribution in [0, 0.1) is 6.92 Å². The summed E-state index contributed by atoms with van der Waals surface area (Å²) >= 11 is 0. The molecule has 2 rings (SSSR count). The van der Waals surface area contributed by atoms with E-state index in [1.165, 1.54) is 0 Å². The van der Waals surface area contributed by atoms with E-state index >= 15 is 0 Å². The molecule has 1 atom stereocenters. The van der Waals surface area contributed by atoms with Crippen molar-refractivity contribution in [1.29, 1.82) is 0 Å². The molecule has 5 nitrogen and oxygen atoms in total. The van der Waals surface area contributed by atoms with Crippen LogP contribution in [0.1, 0.15) is 30.2 Å². The molecular formula is C12H15N3O2. The van der Waals surface area contributed by atoms with Crippen LogP contribution in [0.3, 0.4) is 0 Å². The number of ether oxygens (including phenoxy) is 1. The lowest BCUT2D eigenvalue weighted by Gasteiger charge is -2.12. The third-order valence-electron chi connectivity index (χ3n) is 2.33. The summed E-state index contributed by atoms with van der Waals surface area (Å²) in [5.74, 6) is 1.81. The van der Waals surface area contributed by atoms with Crippen LogP contribution in [0.5, 0.6) is 5.75 Å². The number of para-hydroxylation sites is 1. The number of hydrogen-bond donors (Lipinski definition) is 1. The minimum atomic E-state index is -0.0735. The van der Waals surface area contributed by atoms with Gasteiger partial charge in [0.1, 0.15) is 5.75 Å². The summed E-state index contributed by atoms with van der Waals surface area (Å²) in [5, 5.41) is 3.70. The maximum Gasteiger partial charge on any atom is 0.264 e. The van der Waals surface area contributed by atoms with Crippen LogP contribution >= 0.6 is 0 Å². The molecule has 0 aliphatic carbocycles. The number of nitrogens with zero attached hydrogens (tertiary/aromatic N) is 2. The summed E-state index contributed by atoms with van der Waals surface area (Å²) in [6, 6.07) is 7.58. The normalized spacial score (nSPS) is 12.4. The Kier molecular flexibility index (Phi) is 3.39. The van der Waals surface area contributed by atoms with Gasteiger partial charge in [0, 0.05) is 11.6 Å². The van der Waals surface area contributed by atoms with Crippen molar-refractivity contribution < 1.29 is 9.26 Å². The minimum absolute atomic E-state index is 0.0735. The zero-order valence-electron chi connectivity index (χ0n) is 9.88. The summed E-state index contributed by atoms with van der Waals surface area (Å²) in [5.41, 5.74) is 6.82. The molecule has 1 aromatic carbocycles. The molecule has 17 heavy (non-hydrogen) atoms. The summed E-state index contributed by atoms with van der Waals surface area (Å²) in [6.07, 6.45) is 0. The monoisotopic (exact) mass is 233 g/mol. The number of rotatable bonds is 4. The SMILES string of the molecule is Cc1noc(COc2ccccc2C(C)N)n1. The lowest BCUT2D eigenvalue weighted by molar-refractivity contribution is 0.240. The topological polar surface area (TPSA) is 74.2 Å². The lowest BCUT2D eigenvalue weighted by Crippen LogP contribution is -2.08. The van der Waals surface area contributed by atoms with Crippen molar-refractivity contribution in [3.8, 4) is 5.75 Å². The number of nitrogens with two attached hydrogens (primary N) is 1. The van der Waals surface area contributed by atoms with E-state index in [9.17, 15) is 0 Å². The Hall–Kier alpha value is -1.88. The zero-order valence-corrected chi connectivity index (χ0v) is 9.88. The highest BCUT2D eigenvalue weighted by atomic mass is 16.5. The van der Waals surface area contributed by atoms with Gasteiger partial charge in [0.2, 0.25) is 0 Å². The summed E-state index contributed by atoms with van der Waals surface area (Å²) in [4.78, 5) is 4.07. The van der Waals surface area contributed by atoms with Crippen molar-refractivity contribution in [3.05, 3.63) is 41.5 Å². The van der Waals surface area contributed by atoms with Gasteiger partial charge in [0.15, 0.2) is 12.4 Å². The third kappa shape index (κ3) is 2.82. The molecule has 2 N–H and O–H groups in total. The number of aryl methyl sites for hydroxylation is 1. The fraction of sp³-hybridized carbons (Fsp3) is 0.333. The Morgan fingerprint density at radius 1 is 1.41 bits per heavy atom. The molecule has 0 fully saturated rings. The van der Waals surface area contributed by atoms with Gasteiger partial charge in [-0.2, -0.15) is 4.98 Å². The highest BCUT2D eigenvalue weighted by molar-refractivity contribution is 5.35. The molecule has 0 aliphatic rings. The summed E-state index contributed by atoms with van der Waals surface area (Å²) in [6.45, 7) is 3.94. The van der Waals surface area contributed by atoms with E-state index in [0.717, 1.165) is 11.3 Å². The molecule has 1 heterocycles. The van der Waals surface area contributed by atoms with Crippen molar-refractivity contribution in [2.24, 2.45) is 5.73 Å². The molecule has 0 bridgehead atoms. The van der Waals surface area contributed by atoms with Gasteiger partial charge in [0.05, 0.1) is 0 Å². The van der Waals surface area contributed by atoms with Gasteiger partial charge in [0.25, 0.3) is 5.89 Å². The van der Waals surface area contributed by atoms with E-state index in [-0.39, 0.29) is 12.6 Å². The van der Waals surface area contributed by atoms with Crippen LogP contribution in [-0.4, -0.2) is 10.1 Å². The average molecular weight is 233 g/mol. The maximum atomic E-state index is 5.86. The molecule has 0 amide bonds. The van der Waals surface area contributed by atoms with Crippen molar-refractivity contribution in [2.75, 3.05) is 0 Å². The molecule has 0 aliphatic heterocycles. The van der Waals surface area contributed by atoms with Crippen molar-refractivity contribution in [3.63, 3.8) is 0 Å². The Morgan fingerprint density at radius 3 is 2.82 bits per heavy atom. The van der Waals surface area contributed by atoms with Gasteiger partial charge >= 0.3 is 0 Å². The molecule has 5 heteroatoms. The van der Waals surface area contributed by atoms with Crippen LogP contribution < -0.4 is 10.5 Å². The fourth-order valence-electron chi connectivity index (χ4n) is 1.53. The second-order valence-corrected chi connectivity index (χ2v) is 3.85. The Labute approximate surface area is 99.6 Å². The van der Waals surface area contributed by atoms with Gasteiger partial charge in [-0.1, -0.05) is 23.4 Å². The second kappa shape index (κ2) is 4.97. The van der Waals surface area contributed by atoms with Gasteiger partial charge in [-0.25, -0.2) is 0 Å². The van der Waals surface area contributed by atoms with Gasteiger partial charge in [-0.3, -0.25) is 0 Å². The van der Waals surface area contributed by atoms with Crippen LogP contribution in [0.25, 0.3) is 0 Å². The molecule has 1 aromatic heterocycles. The predicted molar refractivity (Wildman–Crippen MR) is 62.4 cm³/mol. The molecule has 2 aromatic rings. The van der Waals surface area contributed by atoms with E-state index < -0.39 is 0 Å². The van der Waals surface area contributed by atoms with Crippen LogP contribution in [0.2, 0.25) is 0 Å². The van der Waals surface area contributed by atoms with Crippen LogP contribution in [0.4, 0.5) is 0 Å². The van der Waals surface area contributed by atoms with E-state index in [1.807, 2.05) is 31.2 Å². The van der Waals surface area contributed by atoms with Gasteiger partial charge < -0.3 is 15.0 Å². The highest BCUT2D eigenvalue weighted by Crippen LogP contribution is 2.23. The first-order valence-corrected chi connectivity index (χ1v) is 5.43. The van der Waals surface area contributed by atoms with Crippen LogP contribution in [-0.2, 0) is 6.61 Å². The quantitative estimate of drug-likeness (QED) is 0.873. The minimum Gasteiger partial charge on any atom is -0.483 e. The van der Waals surface area contributed by atoms with Gasteiger partial charge in [-0.15, -0.1) is 0 Å². The Bertz CT molecular complexity index is 494. The number of benzene rings is 1. The number of aromatic nitrogens is 2. The summed E-state index contributed by atoms with van der Waals surface area (Å²) < 4.78 is 10.6. The fourth-order valence-corrected chi connectivity index (χ4v) is 1.53. The molecule has 0 saturated carbocycles. The van der Waals surface area contributed by atoms with Crippen LogP contribution in [0.15, 0.2) is 28.8 Å². The van der Waals surface area contributed by atoms with E-state index in [1.54, 1.807) is 6.92 Å². The molecule has 0 radical (unpaired) electrons. The zero-order chi connectivity index (χ0) is 12.3. The Balaban J connectivity index is 2.08. The highest BCUT2D eigenvalue weighted by Gasteiger charge is 2.09. The van der Waals surface area contributed by atoms with Crippen molar-refractivity contribution >= 4 is 0 Å². The molecule has 1 unspecified atom stereocenters. The second-order valence-electron chi connectivity index (χ2n) is 3.85. The first-order valence-electron chi connectivity index (χ1n) is 5.43. The average Bonchev–Trinajstić information content (AvgIpc) is 2.73. The van der Waals surface area contributed by atoms with Gasteiger partial charge in [-0.05, 0) is 19.9 Å². The first-order chi connectivity index (χ1) is 8.16. The lowest BCUT2D eigenvalue weighted by atomic mass is 10.1. The largest absolute Gasteiger partial charge is 0.483 e. The predicted octanol–water partition coefficient (Wildman–Crippen LogP) is 1.98. The maximum absolute atomic E-state index is 5.86. The van der Waals surface area contributed by atoms with E-state index in [2.05, 4.69) is 10.1 Å². The van der Waals surface area contributed by atoms with E-state index in [0.29, 0.717) is 11.7 Å². The summed E-state index contributed by atoms with van der Waals surface area (Å²) in [7, 11) is 0. The number of hydrogen-bond acceptors (Lipinski definition) is 5.